The van der Waals surface area contributed by atoms with Crippen LogP contribution in [0.5, 0.6) is 0 Å². The van der Waals surface area contributed by atoms with E-state index in [1.165, 1.54) is 0 Å². The third-order valence-electron chi connectivity index (χ3n) is 2.51. The number of carboxylic acid groups (broad SMARTS) is 2. The number of hydrogen-bond acceptors (Lipinski definition) is 6. The van der Waals surface area contributed by atoms with Crippen molar-refractivity contribution in [1.29, 1.82) is 0 Å². The van der Waals surface area contributed by atoms with Crippen LogP contribution < -0.4 is 69.3 Å². The summed E-state index contributed by atoms with van der Waals surface area (Å²) in [5, 5.41) is 20.6. The SMILES string of the molecule is [CH]CN(CCC(=O)[O-])CCN(C[CH])CCC(=O)[O-].[Na+].[Na+]. The van der Waals surface area contributed by atoms with E-state index in [0.29, 0.717) is 26.2 Å². The Hall–Kier alpha value is 0.860. The molecule has 0 saturated carbocycles. The number of carbonyl (C=O) groups excluding carboxylic acids is 2. The van der Waals surface area contributed by atoms with Gasteiger partial charge in [0.05, 0.1) is 0 Å². The van der Waals surface area contributed by atoms with Crippen LogP contribution in [0.25, 0.3) is 0 Å². The maximum Gasteiger partial charge on any atom is 1.00 e. The Labute approximate surface area is 165 Å². The van der Waals surface area contributed by atoms with Crippen LogP contribution in [-0.2, 0) is 9.59 Å². The normalized spacial score (nSPS) is 10.0. The van der Waals surface area contributed by atoms with Crippen LogP contribution in [0.2, 0.25) is 0 Å². The molecule has 0 N–H and O–H groups in total. The molecule has 20 heavy (non-hydrogen) atoms. The van der Waals surface area contributed by atoms with E-state index in [1.807, 2.05) is 0 Å². The summed E-state index contributed by atoms with van der Waals surface area (Å²) >= 11 is 0. The molecule has 4 radical (unpaired) electrons. The van der Waals surface area contributed by atoms with Gasteiger partial charge in [-0.05, 0) is 26.7 Å². The van der Waals surface area contributed by atoms with Crippen molar-refractivity contribution in [3.63, 3.8) is 0 Å². The summed E-state index contributed by atoms with van der Waals surface area (Å²) < 4.78 is 0. The zero-order chi connectivity index (χ0) is 14.0. The van der Waals surface area contributed by atoms with Gasteiger partial charge in [-0.1, -0.05) is 0 Å². The maximum absolute atomic E-state index is 10.3. The fourth-order valence-electron chi connectivity index (χ4n) is 1.37. The summed E-state index contributed by atoms with van der Waals surface area (Å²) in [4.78, 5) is 24.1. The molecule has 0 atom stereocenters. The number of carboxylic acids is 2. The Kier molecular flexibility index (Phi) is 20.9. The van der Waals surface area contributed by atoms with Gasteiger partial charge in [-0.2, -0.15) is 0 Å². The van der Waals surface area contributed by atoms with Gasteiger partial charge in [0.1, 0.15) is 0 Å². The van der Waals surface area contributed by atoms with Gasteiger partial charge >= 0.3 is 59.1 Å². The van der Waals surface area contributed by atoms with Crippen molar-refractivity contribution in [2.24, 2.45) is 0 Å². The number of carbonyl (C=O) groups is 2. The van der Waals surface area contributed by atoms with Crippen molar-refractivity contribution < 1.29 is 78.9 Å². The van der Waals surface area contributed by atoms with Gasteiger partial charge in [0.15, 0.2) is 0 Å². The van der Waals surface area contributed by atoms with Crippen molar-refractivity contribution in [2.75, 3.05) is 39.3 Å². The van der Waals surface area contributed by atoms with E-state index in [4.69, 9.17) is 13.8 Å². The summed E-state index contributed by atoms with van der Waals surface area (Å²) in [5.41, 5.74) is 0. The summed E-state index contributed by atoms with van der Waals surface area (Å²) in [7, 11) is 0. The molecule has 0 rings (SSSR count). The topological polar surface area (TPSA) is 86.7 Å². The molecule has 0 aromatic rings. The summed E-state index contributed by atoms with van der Waals surface area (Å²) in [6.45, 7) is 13.0. The van der Waals surface area contributed by atoms with E-state index in [0.717, 1.165) is 0 Å². The van der Waals surface area contributed by atoms with Crippen LogP contribution in [0.1, 0.15) is 12.8 Å². The van der Waals surface area contributed by atoms with Gasteiger partial charge in [0.25, 0.3) is 0 Å². The summed E-state index contributed by atoms with van der Waals surface area (Å²) in [6.07, 6.45) is -0.169. The molecule has 102 valence electrons. The fourth-order valence-corrected chi connectivity index (χ4v) is 1.37. The van der Waals surface area contributed by atoms with Gasteiger partial charge < -0.3 is 29.6 Å². The Morgan fingerprint density at radius 3 is 1.25 bits per heavy atom. The monoisotopic (exact) mass is 300 g/mol. The molecule has 0 spiro atoms. The number of rotatable bonds is 11. The first-order valence-electron chi connectivity index (χ1n) is 5.74. The van der Waals surface area contributed by atoms with E-state index in [-0.39, 0.29) is 85.0 Å². The third kappa shape index (κ3) is 15.3. The zero-order valence-corrected chi connectivity index (χ0v) is 16.3. The minimum atomic E-state index is -1.12. The molecule has 0 bridgehead atoms. The number of nitrogens with zero attached hydrogens (tertiary/aromatic N) is 2. The molecule has 0 amide bonds. The molecule has 0 aliphatic heterocycles. The second-order valence-electron chi connectivity index (χ2n) is 3.85. The van der Waals surface area contributed by atoms with Crippen LogP contribution in [0.3, 0.4) is 0 Å². The molecule has 0 aliphatic carbocycles. The van der Waals surface area contributed by atoms with Gasteiger partial charge in [0, 0.05) is 51.2 Å². The van der Waals surface area contributed by atoms with Crippen molar-refractivity contribution in [2.45, 2.75) is 12.8 Å². The first-order chi connectivity index (χ1) is 8.49. The average Bonchev–Trinajstić information content (AvgIpc) is 2.32. The van der Waals surface area contributed by atoms with Crippen molar-refractivity contribution in [1.82, 2.24) is 9.80 Å². The standard InChI is InChI=1S/C12H20N2O4.2Na/c1-3-13(7-5-11(15)16)9-10-14(4-2)8-6-12(17)18;;/h1-2H,3-10H2,(H,15,16)(H,17,18);;/q;2*+1/p-2. The molecule has 0 heterocycles. The van der Waals surface area contributed by atoms with Gasteiger partial charge in [-0.25, -0.2) is 0 Å². The molecule has 8 heteroatoms. The van der Waals surface area contributed by atoms with E-state index >= 15 is 0 Å². The molecule has 0 saturated heterocycles. The maximum atomic E-state index is 10.3. The number of aliphatic carboxylic acids is 2. The second-order valence-corrected chi connectivity index (χ2v) is 3.85. The van der Waals surface area contributed by atoms with Crippen LogP contribution in [0, 0.1) is 13.8 Å². The van der Waals surface area contributed by atoms with E-state index < -0.39 is 11.9 Å². The first-order valence-corrected chi connectivity index (χ1v) is 5.74. The van der Waals surface area contributed by atoms with Gasteiger partial charge in [0.2, 0.25) is 0 Å². The van der Waals surface area contributed by atoms with Gasteiger partial charge in [-0.3, -0.25) is 0 Å². The quantitative estimate of drug-likeness (QED) is 0.352. The Balaban J connectivity index is -0.00000144. The van der Waals surface area contributed by atoms with Crippen LogP contribution >= 0.6 is 0 Å². The summed E-state index contributed by atoms with van der Waals surface area (Å²) in [5.74, 6) is -2.25. The molecule has 0 unspecified atom stereocenters. The van der Waals surface area contributed by atoms with Crippen LogP contribution in [0.15, 0.2) is 0 Å². The number of hydrogen-bond donors (Lipinski definition) is 0. The van der Waals surface area contributed by atoms with E-state index in [1.54, 1.807) is 9.80 Å². The molecule has 0 aromatic carbocycles. The molecule has 0 fully saturated rings. The van der Waals surface area contributed by atoms with Crippen molar-refractivity contribution in [3.05, 3.63) is 13.8 Å². The Morgan fingerprint density at radius 1 is 0.750 bits per heavy atom. The van der Waals surface area contributed by atoms with Crippen LogP contribution in [-0.4, -0.2) is 61.0 Å². The largest absolute Gasteiger partial charge is 1.00 e. The van der Waals surface area contributed by atoms with Crippen molar-refractivity contribution in [3.8, 4) is 0 Å². The van der Waals surface area contributed by atoms with Crippen molar-refractivity contribution >= 4 is 11.9 Å². The molecule has 0 aliphatic rings. The Morgan fingerprint density at radius 2 is 1.05 bits per heavy atom. The average molecular weight is 300 g/mol. The smallest absolute Gasteiger partial charge is 0.550 e. The fraction of sp³-hybridized carbons (Fsp3) is 0.667. The third-order valence-corrected chi connectivity index (χ3v) is 2.51. The predicted octanol–water partition coefficient (Wildman–Crippen LogP) is -8.70. The van der Waals surface area contributed by atoms with E-state index in [2.05, 4.69) is 0 Å². The minimum absolute atomic E-state index is 0. The second kappa shape index (κ2) is 16.2. The Bertz CT molecular complexity index is 242. The van der Waals surface area contributed by atoms with Gasteiger partial charge in [-0.15, -0.1) is 0 Å². The molecular formula is C12H18N2Na2O4. The first kappa shape index (κ1) is 25.8. The zero-order valence-electron chi connectivity index (χ0n) is 12.3. The predicted molar refractivity (Wildman–Crippen MR) is 60.7 cm³/mol. The van der Waals surface area contributed by atoms with E-state index in [9.17, 15) is 19.8 Å². The minimum Gasteiger partial charge on any atom is -0.550 e. The van der Waals surface area contributed by atoms with Crippen LogP contribution in [0.4, 0.5) is 0 Å². The molecule has 0 aromatic heterocycles. The molecular weight excluding hydrogens is 282 g/mol. The molecule has 6 nitrogen and oxygen atoms in total. The summed E-state index contributed by atoms with van der Waals surface area (Å²) in [6, 6.07) is 0.